The number of ether oxygens (including phenoxy) is 2. The third-order valence-corrected chi connectivity index (χ3v) is 5.32. The van der Waals surface area contributed by atoms with Crippen LogP contribution in [-0.4, -0.2) is 35.6 Å². The third-order valence-electron chi connectivity index (χ3n) is 5.32. The number of methoxy groups -OCH3 is 1. The number of alkyl halides is 3. The second-order valence-corrected chi connectivity index (χ2v) is 7.76. The minimum Gasteiger partial charge on any atom is -0.469 e. The zero-order valence-electron chi connectivity index (χ0n) is 19.3. The van der Waals surface area contributed by atoms with Crippen molar-refractivity contribution in [1.82, 2.24) is 9.88 Å². The van der Waals surface area contributed by atoms with Crippen LogP contribution in [0, 0.1) is 0 Å². The highest BCUT2D eigenvalue weighted by Gasteiger charge is 2.31. The number of esters is 1. The lowest BCUT2D eigenvalue weighted by molar-refractivity contribution is -0.140. The zero-order chi connectivity index (χ0) is 25.4. The largest absolute Gasteiger partial charge is 0.469 e. The third kappa shape index (κ3) is 7.05. The van der Waals surface area contributed by atoms with Crippen molar-refractivity contribution >= 4 is 12.1 Å². The number of benzene rings is 2. The summed E-state index contributed by atoms with van der Waals surface area (Å²) in [5, 5.41) is 0. The fraction of sp³-hybridized carbons (Fsp3) is 0.269. The van der Waals surface area contributed by atoms with Crippen LogP contribution in [0.1, 0.15) is 29.2 Å². The lowest BCUT2D eigenvalue weighted by atomic mass is 9.96. The van der Waals surface area contributed by atoms with Gasteiger partial charge >= 0.3 is 18.2 Å². The smallest absolute Gasteiger partial charge is 0.416 e. The number of halogens is 3. The van der Waals surface area contributed by atoms with E-state index in [2.05, 4.69) is 9.72 Å². The molecule has 0 fully saturated rings. The average molecular weight is 486 g/mol. The maximum absolute atomic E-state index is 13.5. The summed E-state index contributed by atoms with van der Waals surface area (Å²) in [5.41, 5.74) is 1.77. The SMILES string of the molecule is CCN(Cc1cc(C(F)(F)F)ccc1-c1cncc(CC(=O)OC)c1)C(=O)OCc1ccccc1. The van der Waals surface area contributed by atoms with E-state index >= 15 is 0 Å². The maximum Gasteiger partial charge on any atom is 0.416 e. The fourth-order valence-electron chi connectivity index (χ4n) is 3.47. The molecule has 3 rings (SSSR count). The van der Waals surface area contributed by atoms with Gasteiger partial charge in [-0.15, -0.1) is 0 Å². The lowest BCUT2D eigenvalue weighted by Gasteiger charge is -2.23. The Morgan fingerprint density at radius 2 is 1.74 bits per heavy atom. The van der Waals surface area contributed by atoms with E-state index < -0.39 is 23.8 Å². The second-order valence-electron chi connectivity index (χ2n) is 7.76. The Labute approximate surface area is 201 Å². The Morgan fingerprint density at radius 1 is 1.00 bits per heavy atom. The standard InChI is InChI=1S/C26H25F3N2O4/c1-3-31(25(33)35-17-18-7-5-4-6-8-18)16-21-13-22(26(27,28)29)9-10-23(21)20-11-19(14-30-15-20)12-24(32)34-2/h4-11,13-15H,3,12,16-17H2,1-2H3. The van der Waals surface area contributed by atoms with Gasteiger partial charge in [0.05, 0.1) is 19.1 Å². The van der Waals surface area contributed by atoms with Crippen molar-refractivity contribution in [2.45, 2.75) is 32.7 Å². The highest BCUT2D eigenvalue weighted by molar-refractivity contribution is 5.74. The van der Waals surface area contributed by atoms with E-state index in [4.69, 9.17) is 4.74 Å². The first-order valence-corrected chi connectivity index (χ1v) is 10.9. The van der Waals surface area contributed by atoms with Crippen molar-refractivity contribution in [3.63, 3.8) is 0 Å². The summed E-state index contributed by atoms with van der Waals surface area (Å²) in [5.74, 6) is -0.463. The predicted octanol–water partition coefficient (Wildman–Crippen LogP) is 5.64. The van der Waals surface area contributed by atoms with Gasteiger partial charge < -0.3 is 14.4 Å². The topological polar surface area (TPSA) is 68.7 Å². The van der Waals surface area contributed by atoms with Gasteiger partial charge in [0.25, 0.3) is 0 Å². The molecule has 0 aliphatic carbocycles. The highest BCUT2D eigenvalue weighted by Crippen LogP contribution is 2.34. The quantitative estimate of drug-likeness (QED) is 0.386. The van der Waals surface area contributed by atoms with Crippen LogP contribution in [0.5, 0.6) is 0 Å². The van der Waals surface area contributed by atoms with E-state index in [1.807, 2.05) is 30.3 Å². The number of amides is 1. The molecule has 0 saturated carbocycles. The molecule has 1 aromatic heterocycles. The number of pyridine rings is 1. The van der Waals surface area contributed by atoms with Crippen LogP contribution in [-0.2, 0) is 40.0 Å². The summed E-state index contributed by atoms with van der Waals surface area (Å²) >= 11 is 0. The Hall–Kier alpha value is -3.88. The molecule has 0 aliphatic rings. The summed E-state index contributed by atoms with van der Waals surface area (Å²) in [4.78, 5) is 29.8. The first-order chi connectivity index (χ1) is 16.7. The number of rotatable bonds is 8. The molecule has 1 heterocycles. The van der Waals surface area contributed by atoms with Gasteiger partial charge in [-0.05, 0) is 47.4 Å². The number of hydrogen-bond donors (Lipinski definition) is 0. The van der Waals surface area contributed by atoms with Gasteiger partial charge in [-0.25, -0.2) is 4.79 Å². The number of hydrogen-bond acceptors (Lipinski definition) is 5. The van der Waals surface area contributed by atoms with Crippen molar-refractivity contribution < 1.29 is 32.2 Å². The zero-order valence-corrected chi connectivity index (χ0v) is 19.3. The van der Waals surface area contributed by atoms with Gasteiger partial charge in [0.1, 0.15) is 6.61 Å². The molecule has 0 radical (unpaired) electrons. The summed E-state index contributed by atoms with van der Waals surface area (Å²) in [7, 11) is 1.27. The van der Waals surface area contributed by atoms with Gasteiger partial charge in [-0.2, -0.15) is 13.2 Å². The van der Waals surface area contributed by atoms with Crippen LogP contribution in [0.25, 0.3) is 11.1 Å². The van der Waals surface area contributed by atoms with E-state index in [1.54, 1.807) is 13.0 Å². The van der Waals surface area contributed by atoms with Gasteiger partial charge in [0.2, 0.25) is 0 Å². The fourth-order valence-corrected chi connectivity index (χ4v) is 3.47. The Morgan fingerprint density at radius 3 is 2.40 bits per heavy atom. The van der Waals surface area contributed by atoms with E-state index in [-0.39, 0.29) is 31.7 Å². The molecule has 35 heavy (non-hydrogen) atoms. The Bertz CT molecular complexity index is 1170. The van der Waals surface area contributed by atoms with E-state index in [1.165, 1.54) is 30.5 Å². The molecule has 0 spiro atoms. The van der Waals surface area contributed by atoms with Gasteiger partial charge in [0, 0.05) is 31.0 Å². The first-order valence-electron chi connectivity index (χ1n) is 10.9. The van der Waals surface area contributed by atoms with Gasteiger partial charge in [-0.1, -0.05) is 36.4 Å². The van der Waals surface area contributed by atoms with Crippen LogP contribution < -0.4 is 0 Å². The molecule has 0 aliphatic heterocycles. The molecule has 2 aromatic carbocycles. The molecule has 9 heteroatoms. The molecular weight excluding hydrogens is 461 g/mol. The predicted molar refractivity (Wildman–Crippen MR) is 123 cm³/mol. The average Bonchev–Trinajstić information content (AvgIpc) is 2.85. The normalized spacial score (nSPS) is 11.1. The van der Waals surface area contributed by atoms with Crippen LogP contribution in [0.3, 0.4) is 0 Å². The molecule has 184 valence electrons. The van der Waals surface area contributed by atoms with Gasteiger partial charge in [-0.3, -0.25) is 9.78 Å². The summed E-state index contributed by atoms with van der Waals surface area (Å²) < 4.78 is 50.4. The Kier molecular flexibility index (Phi) is 8.46. The maximum atomic E-state index is 13.5. The molecule has 0 atom stereocenters. The van der Waals surface area contributed by atoms with E-state index in [0.29, 0.717) is 16.7 Å². The molecule has 0 saturated heterocycles. The first kappa shape index (κ1) is 25.7. The van der Waals surface area contributed by atoms with Crippen molar-refractivity contribution in [3.8, 4) is 11.1 Å². The minimum atomic E-state index is -4.55. The van der Waals surface area contributed by atoms with E-state index in [9.17, 15) is 22.8 Å². The number of carbonyl (C=O) groups is 2. The Balaban J connectivity index is 1.90. The summed E-state index contributed by atoms with van der Waals surface area (Å²) in [6.07, 6.45) is -2.23. The molecule has 0 N–H and O–H groups in total. The number of nitrogens with zero attached hydrogens (tertiary/aromatic N) is 2. The van der Waals surface area contributed by atoms with E-state index in [0.717, 1.165) is 17.7 Å². The molecule has 3 aromatic rings. The lowest BCUT2D eigenvalue weighted by Crippen LogP contribution is -2.31. The van der Waals surface area contributed by atoms with Gasteiger partial charge in [0.15, 0.2) is 0 Å². The monoisotopic (exact) mass is 486 g/mol. The second kappa shape index (κ2) is 11.5. The molecule has 0 bridgehead atoms. The van der Waals surface area contributed by atoms with Crippen LogP contribution in [0.2, 0.25) is 0 Å². The number of carbonyl (C=O) groups excluding carboxylic acids is 2. The van der Waals surface area contributed by atoms with Crippen molar-refractivity contribution in [1.29, 1.82) is 0 Å². The van der Waals surface area contributed by atoms with Crippen molar-refractivity contribution in [3.05, 3.63) is 89.2 Å². The van der Waals surface area contributed by atoms with Crippen LogP contribution >= 0.6 is 0 Å². The van der Waals surface area contributed by atoms with Crippen LogP contribution in [0.15, 0.2) is 67.0 Å². The summed E-state index contributed by atoms with van der Waals surface area (Å²) in [6.45, 7) is 1.88. The molecule has 1 amide bonds. The summed E-state index contributed by atoms with van der Waals surface area (Å²) in [6, 6.07) is 14.1. The van der Waals surface area contributed by atoms with Crippen LogP contribution in [0.4, 0.5) is 18.0 Å². The van der Waals surface area contributed by atoms with Crippen molar-refractivity contribution in [2.24, 2.45) is 0 Å². The molecule has 0 unspecified atom stereocenters. The highest BCUT2D eigenvalue weighted by atomic mass is 19.4. The van der Waals surface area contributed by atoms with Crippen molar-refractivity contribution in [2.75, 3.05) is 13.7 Å². The number of aromatic nitrogens is 1. The molecule has 6 nitrogen and oxygen atoms in total. The minimum absolute atomic E-state index is 0.0276. The molecular formula is C26H25F3N2O4.